The van der Waals surface area contributed by atoms with Gasteiger partial charge < -0.3 is 9.88 Å². The number of halogens is 3. The Kier molecular flexibility index (Phi) is 3.05. The van der Waals surface area contributed by atoms with Crippen molar-refractivity contribution in [1.82, 2.24) is 14.9 Å². The number of nitrogens with zero attached hydrogens (tertiary/aromatic N) is 2. The summed E-state index contributed by atoms with van der Waals surface area (Å²) in [5, 5.41) is 3.24. The predicted octanol–water partition coefficient (Wildman–Crippen LogP) is 2.75. The van der Waals surface area contributed by atoms with Crippen molar-refractivity contribution in [3.05, 3.63) is 41.2 Å². The highest BCUT2D eigenvalue weighted by molar-refractivity contribution is 5.58. The van der Waals surface area contributed by atoms with Crippen molar-refractivity contribution in [2.24, 2.45) is 7.05 Å². The third-order valence-electron chi connectivity index (χ3n) is 3.60. The third-order valence-corrected chi connectivity index (χ3v) is 3.60. The van der Waals surface area contributed by atoms with Crippen LogP contribution >= 0.6 is 0 Å². The minimum Gasteiger partial charge on any atom is -0.331 e. The lowest BCUT2D eigenvalue weighted by Gasteiger charge is -2.13. The molecule has 2 heterocycles. The zero-order valence-corrected chi connectivity index (χ0v) is 11.0. The summed E-state index contributed by atoms with van der Waals surface area (Å²) >= 11 is 0. The molecule has 0 aliphatic carbocycles. The van der Waals surface area contributed by atoms with Crippen LogP contribution in [-0.2, 0) is 26.2 Å². The maximum absolute atomic E-state index is 12.6. The van der Waals surface area contributed by atoms with Gasteiger partial charge in [0.05, 0.1) is 11.3 Å². The molecule has 0 fully saturated rings. The van der Waals surface area contributed by atoms with E-state index in [1.54, 1.807) is 0 Å². The highest BCUT2D eigenvalue weighted by Crippen LogP contribution is 2.31. The van der Waals surface area contributed by atoms with E-state index in [0.29, 0.717) is 17.9 Å². The summed E-state index contributed by atoms with van der Waals surface area (Å²) in [5.74, 6) is 0.715. The van der Waals surface area contributed by atoms with Crippen LogP contribution in [0.1, 0.15) is 17.0 Å². The number of alkyl halides is 3. The Morgan fingerprint density at radius 2 is 1.90 bits per heavy atom. The number of hydrogen-bond donors (Lipinski definition) is 1. The summed E-state index contributed by atoms with van der Waals surface area (Å²) in [6.45, 7) is 1.61. The smallest absolute Gasteiger partial charge is 0.331 e. The Balaban J connectivity index is 1.99. The Morgan fingerprint density at radius 1 is 1.20 bits per heavy atom. The van der Waals surface area contributed by atoms with Gasteiger partial charge in [-0.15, -0.1) is 0 Å². The minimum absolute atomic E-state index is 0.637. The summed E-state index contributed by atoms with van der Waals surface area (Å²) in [4.78, 5) is 4.53. The van der Waals surface area contributed by atoms with Gasteiger partial charge in [-0.3, -0.25) is 0 Å². The molecule has 1 aliphatic rings. The highest BCUT2D eigenvalue weighted by atomic mass is 19.4. The summed E-state index contributed by atoms with van der Waals surface area (Å²) in [6, 6.07) is 5.15. The van der Waals surface area contributed by atoms with E-state index in [0.717, 1.165) is 36.5 Å². The third kappa shape index (κ3) is 2.20. The van der Waals surface area contributed by atoms with Crippen molar-refractivity contribution >= 4 is 0 Å². The zero-order valence-electron chi connectivity index (χ0n) is 11.0. The topological polar surface area (TPSA) is 29.9 Å². The molecule has 6 heteroatoms. The van der Waals surface area contributed by atoms with Crippen LogP contribution in [0.25, 0.3) is 11.4 Å². The summed E-state index contributed by atoms with van der Waals surface area (Å²) in [6.07, 6.45) is -3.41. The second-order valence-electron chi connectivity index (χ2n) is 4.89. The number of benzene rings is 1. The van der Waals surface area contributed by atoms with Crippen molar-refractivity contribution in [2.45, 2.75) is 19.1 Å². The number of nitrogens with one attached hydrogen (secondary N) is 1. The molecule has 1 aliphatic heterocycles. The molecule has 3 nitrogen and oxygen atoms in total. The lowest BCUT2D eigenvalue weighted by molar-refractivity contribution is -0.137. The van der Waals surface area contributed by atoms with E-state index in [1.165, 1.54) is 12.1 Å². The normalized spacial score (nSPS) is 15.2. The van der Waals surface area contributed by atoms with Gasteiger partial charge in [-0.05, 0) is 12.1 Å². The Morgan fingerprint density at radius 3 is 2.50 bits per heavy atom. The van der Waals surface area contributed by atoms with Gasteiger partial charge in [-0.2, -0.15) is 13.2 Å². The first-order valence-electron chi connectivity index (χ1n) is 6.39. The van der Waals surface area contributed by atoms with Crippen molar-refractivity contribution in [1.29, 1.82) is 0 Å². The molecule has 106 valence electrons. The van der Waals surface area contributed by atoms with Crippen LogP contribution in [-0.4, -0.2) is 16.1 Å². The molecule has 0 bridgehead atoms. The van der Waals surface area contributed by atoms with Gasteiger partial charge in [-0.1, -0.05) is 12.1 Å². The molecule has 1 N–H and O–H groups in total. The first-order valence-corrected chi connectivity index (χ1v) is 6.39. The monoisotopic (exact) mass is 281 g/mol. The summed E-state index contributed by atoms with van der Waals surface area (Å²) in [7, 11) is 1.91. The molecule has 1 aromatic heterocycles. The molecule has 3 rings (SSSR count). The maximum Gasteiger partial charge on any atom is 0.416 e. The molecule has 0 radical (unpaired) electrons. The van der Waals surface area contributed by atoms with E-state index in [4.69, 9.17) is 0 Å². The highest BCUT2D eigenvalue weighted by Gasteiger charge is 2.30. The second-order valence-corrected chi connectivity index (χ2v) is 4.89. The van der Waals surface area contributed by atoms with Crippen LogP contribution < -0.4 is 5.32 Å². The molecule has 0 unspecified atom stereocenters. The van der Waals surface area contributed by atoms with Crippen LogP contribution in [0.5, 0.6) is 0 Å². The average Bonchev–Trinajstić information content (AvgIpc) is 2.76. The molecule has 1 aromatic carbocycles. The molecule has 0 atom stereocenters. The molecule has 0 amide bonds. The van der Waals surface area contributed by atoms with Gasteiger partial charge in [0, 0.05) is 37.8 Å². The first kappa shape index (κ1) is 13.2. The number of fused-ring (bicyclic) bond motifs is 1. The van der Waals surface area contributed by atoms with E-state index >= 15 is 0 Å². The van der Waals surface area contributed by atoms with Crippen molar-refractivity contribution in [3.63, 3.8) is 0 Å². The molecular formula is C14H14F3N3. The lowest BCUT2D eigenvalue weighted by Crippen LogP contribution is -2.24. The molecule has 0 saturated heterocycles. The van der Waals surface area contributed by atoms with Gasteiger partial charge in [0.1, 0.15) is 5.82 Å². The number of imidazole rings is 1. The van der Waals surface area contributed by atoms with Crippen LogP contribution in [0.3, 0.4) is 0 Å². The largest absolute Gasteiger partial charge is 0.416 e. The van der Waals surface area contributed by atoms with Crippen LogP contribution in [0, 0.1) is 0 Å². The Bertz CT molecular complexity index is 626. The van der Waals surface area contributed by atoms with E-state index in [2.05, 4.69) is 10.3 Å². The standard InChI is InChI=1S/C14H14F3N3/c1-20-12-6-7-18-8-11(12)19-13(20)9-2-4-10(5-3-9)14(15,16)17/h2-5,18H,6-8H2,1H3. The van der Waals surface area contributed by atoms with E-state index in [1.807, 2.05) is 11.6 Å². The van der Waals surface area contributed by atoms with Gasteiger partial charge in [-0.25, -0.2) is 4.98 Å². The van der Waals surface area contributed by atoms with Crippen molar-refractivity contribution < 1.29 is 13.2 Å². The fourth-order valence-corrected chi connectivity index (χ4v) is 2.52. The first-order chi connectivity index (χ1) is 9.47. The average molecular weight is 281 g/mol. The Hall–Kier alpha value is -1.82. The van der Waals surface area contributed by atoms with E-state index in [-0.39, 0.29) is 0 Å². The lowest BCUT2D eigenvalue weighted by atomic mass is 10.1. The molecular weight excluding hydrogens is 267 g/mol. The van der Waals surface area contributed by atoms with Gasteiger partial charge in [0.15, 0.2) is 0 Å². The van der Waals surface area contributed by atoms with Gasteiger partial charge >= 0.3 is 6.18 Å². The predicted molar refractivity (Wildman–Crippen MR) is 69.1 cm³/mol. The fourth-order valence-electron chi connectivity index (χ4n) is 2.52. The quantitative estimate of drug-likeness (QED) is 0.871. The molecule has 0 saturated carbocycles. The Labute approximate surface area is 114 Å². The molecule has 20 heavy (non-hydrogen) atoms. The van der Waals surface area contributed by atoms with Crippen molar-refractivity contribution in [3.8, 4) is 11.4 Å². The SMILES string of the molecule is Cn1c(-c2ccc(C(F)(F)F)cc2)nc2c1CCNC2. The maximum atomic E-state index is 12.6. The fraction of sp³-hybridized carbons (Fsp3) is 0.357. The van der Waals surface area contributed by atoms with Crippen LogP contribution in [0.4, 0.5) is 13.2 Å². The van der Waals surface area contributed by atoms with E-state index in [9.17, 15) is 13.2 Å². The molecule has 0 spiro atoms. The molecule has 2 aromatic rings. The van der Waals surface area contributed by atoms with E-state index < -0.39 is 11.7 Å². The summed E-state index contributed by atoms with van der Waals surface area (Å²) in [5.41, 5.74) is 2.20. The van der Waals surface area contributed by atoms with Crippen LogP contribution in [0.15, 0.2) is 24.3 Å². The van der Waals surface area contributed by atoms with Crippen molar-refractivity contribution in [2.75, 3.05) is 6.54 Å². The van der Waals surface area contributed by atoms with Crippen LogP contribution in [0.2, 0.25) is 0 Å². The minimum atomic E-state index is -4.30. The second kappa shape index (κ2) is 4.63. The number of rotatable bonds is 1. The zero-order chi connectivity index (χ0) is 14.3. The number of hydrogen-bond acceptors (Lipinski definition) is 2. The van der Waals surface area contributed by atoms with Gasteiger partial charge in [0.2, 0.25) is 0 Å². The van der Waals surface area contributed by atoms with Gasteiger partial charge in [0.25, 0.3) is 0 Å². The summed E-state index contributed by atoms with van der Waals surface area (Å²) < 4.78 is 39.6. The number of aromatic nitrogens is 2.